The fourth-order valence-corrected chi connectivity index (χ4v) is 1.66. The summed E-state index contributed by atoms with van der Waals surface area (Å²) in [4.78, 5) is 15.8. The summed E-state index contributed by atoms with van der Waals surface area (Å²) in [6.07, 6.45) is -0.634. The molecule has 6 nitrogen and oxygen atoms in total. The average molecular weight is 273 g/mol. The Hall–Kier alpha value is -1.53. The molecular weight excluding hydrogens is 260 g/mol. The lowest BCUT2D eigenvalue weighted by atomic mass is 10.3. The Bertz CT molecular complexity index is 465. The normalized spacial score (nSPS) is 15.1. The summed E-state index contributed by atoms with van der Waals surface area (Å²) in [7, 11) is 0. The number of carbonyl (C=O) groups excluding carboxylic acids is 1. The van der Waals surface area contributed by atoms with Gasteiger partial charge in [0.25, 0.3) is 11.8 Å². The molecule has 1 aromatic rings. The van der Waals surface area contributed by atoms with Gasteiger partial charge in [-0.05, 0) is 6.92 Å². The quantitative estimate of drug-likeness (QED) is 0.843. The number of aromatic nitrogens is 1. The zero-order chi connectivity index (χ0) is 13.1. The number of aliphatic hydroxyl groups excluding tert-OH is 1. The SMILES string of the molecule is C[C@H](O)CNC(=O)c1nc2c(cc1Cl)OCCO2. The van der Waals surface area contributed by atoms with E-state index < -0.39 is 12.0 Å². The minimum Gasteiger partial charge on any atom is -0.484 e. The monoisotopic (exact) mass is 272 g/mol. The van der Waals surface area contributed by atoms with Crippen molar-refractivity contribution < 1.29 is 19.4 Å². The van der Waals surface area contributed by atoms with Crippen molar-refractivity contribution in [3.63, 3.8) is 0 Å². The highest BCUT2D eigenvalue weighted by atomic mass is 35.5. The van der Waals surface area contributed by atoms with Crippen LogP contribution in [-0.4, -0.2) is 41.9 Å². The number of hydrogen-bond acceptors (Lipinski definition) is 5. The van der Waals surface area contributed by atoms with Crippen LogP contribution in [-0.2, 0) is 0 Å². The van der Waals surface area contributed by atoms with Gasteiger partial charge in [0.05, 0.1) is 11.1 Å². The van der Waals surface area contributed by atoms with E-state index in [0.29, 0.717) is 19.0 Å². The molecule has 1 atom stereocenters. The fourth-order valence-electron chi connectivity index (χ4n) is 1.44. The fraction of sp³-hybridized carbons (Fsp3) is 0.455. The van der Waals surface area contributed by atoms with Crippen molar-refractivity contribution in [2.24, 2.45) is 0 Å². The summed E-state index contributed by atoms with van der Waals surface area (Å²) < 4.78 is 10.6. The van der Waals surface area contributed by atoms with E-state index in [2.05, 4.69) is 10.3 Å². The number of hydrogen-bond donors (Lipinski definition) is 2. The van der Waals surface area contributed by atoms with E-state index in [0.717, 1.165) is 0 Å². The second-order valence-corrected chi connectivity index (χ2v) is 4.29. The van der Waals surface area contributed by atoms with Crippen LogP contribution in [0, 0.1) is 0 Å². The third-order valence-corrected chi connectivity index (χ3v) is 2.55. The molecule has 0 aliphatic carbocycles. The molecule has 2 rings (SSSR count). The van der Waals surface area contributed by atoms with Crippen LogP contribution in [0.3, 0.4) is 0 Å². The molecule has 0 unspecified atom stereocenters. The Morgan fingerprint density at radius 3 is 3.06 bits per heavy atom. The number of aliphatic hydroxyl groups is 1. The first kappa shape index (κ1) is 12.9. The lowest BCUT2D eigenvalue weighted by Crippen LogP contribution is -2.31. The molecule has 1 aliphatic rings. The molecule has 1 aromatic heterocycles. The molecule has 2 heterocycles. The molecule has 0 radical (unpaired) electrons. The zero-order valence-corrected chi connectivity index (χ0v) is 10.5. The minimum atomic E-state index is -0.634. The van der Waals surface area contributed by atoms with Crippen LogP contribution in [0.4, 0.5) is 0 Å². The van der Waals surface area contributed by atoms with Crippen molar-refractivity contribution in [2.45, 2.75) is 13.0 Å². The van der Waals surface area contributed by atoms with Crippen molar-refractivity contribution in [1.82, 2.24) is 10.3 Å². The van der Waals surface area contributed by atoms with E-state index >= 15 is 0 Å². The Morgan fingerprint density at radius 1 is 1.61 bits per heavy atom. The number of pyridine rings is 1. The van der Waals surface area contributed by atoms with Gasteiger partial charge in [-0.1, -0.05) is 11.6 Å². The van der Waals surface area contributed by atoms with Crippen molar-refractivity contribution in [1.29, 1.82) is 0 Å². The largest absolute Gasteiger partial charge is 0.484 e. The van der Waals surface area contributed by atoms with Crippen LogP contribution in [0.2, 0.25) is 5.02 Å². The summed E-state index contributed by atoms with van der Waals surface area (Å²) >= 11 is 5.95. The Morgan fingerprint density at radius 2 is 2.33 bits per heavy atom. The van der Waals surface area contributed by atoms with Crippen molar-refractivity contribution in [3.8, 4) is 11.6 Å². The molecule has 0 fully saturated rings. The molecule has 1 aliphatic heterocycles. The number of rotatable bonds is 3. The first-order valence-electron chi connectivity index (χ1n) is 5.50. The molecule has 0 bridgehead atoms. The lowest BCUT2D eigenvalue weighted by Gasteiger charge is -2.18. The van der Waals surface area contributed by atoms with Crippen molar-refractivity contribution in [3.05, 3.63) is 16.8 Å². The highest BCUT2D eigenvalue weighted by Crippen LogP contribution is 2.32. The maximum absolute atomic E-state index is 11.8. The molecule has 0 spiro atoms. The van der Waals surface area contributed by atoms with Gasteiger partial charge in [-0.3, -0.25) is 4.79 Å². The minimum absolute atomic E-state index is 0.0570. The maximum atomic E-state index is 11.8. The molecule has 98 valence electrons. The summed E-state index contributed by atoms with van der Waals surface area (Å²) in [5.41, 5.74) is 0.0570. The van der Waals surface area contributed by atoms with Gasteiger partial charge in [0.15, 0.2) is 11.4 Å². The van der Waals surface area contributed by atoms with Crippen LogP contribution < -0.4 is 14.8 Å². The Balaban J connectivity index is 2.19. The van der Waals surface area contributed by atoms with Crippen LogP contribution in [0.15, 0.2) is 6.07 Å². The number of amides is 1. The van der Waals surface area contributed by atoms with E-state index in [9.17, 15) is 4.79 Å². The van der Waals surface area contributed by atoms with Crippen LogP contribution in [0.25, 0.3) is 0 Å². The molecule has 0 saturated heterocycles. The standard InChI is InChI=1S/C11H13ClN2O4/c1-6(15)5-13-10(16)9-7(12)4-8-11(14-9)18-3-2-17-8/h4,6,15H,2-3,5H2,1H3,(H,13,16)/t6-/m0/s1. The topological polar surface area (TPSA) is 80.7 Å². The van der Waals surface area contributed by atoms with E-state index in [1.54, 1.807) is 6.92 Å². The summed E-state index contributed by atoms with van der Waals surface area (Å²) in [5, 5.41) is 11.8. The van der Waals surface area contributed by atoms with E-state index in [-0.39, 0.29) is 23.1 Å². The van der Waals surface area contributed by atoms with E-state index in [1.807, 2.05) is 0 Å². The number of nitrogens with one attached hydrogen (secondary N) is 1. The summed E-state index contributed by atoms with van der Waals surface area (Å²) in [6.45, 7) is 2.51. The Kier molecular flexibility index (Phi) is 3.88. The first-order chi connectivity index (χ1) is 8.58. The number of fused-ring (bicyclic) bond motifs is 1. The molecule has 2 N–H and O–H groups in total. The third kappa shape index (κ3) is 2.83. The predicted octanol–water partition coefficient (Wildman–Crippen LogP) is 0.617. The summed E-state index contributed by atoms with van der Waals surface area (Å²) in [5.74, 6) is 0.226. The highest BCUT2D eigenvalue weighted by Gasteiger charge is 2.20. The number of ether oxygens (including phenoxy) is 2. The molecule has 18 heavy (non-hydrogen) atoms. The molecule has 1 amide bonds. The van der Waals surface area contributed by atoms with Crippen LogP contribution in [0.1, 0.15) is 17.4 Å². The van der Waals surface area contributed by atoms with Crippen molar-refractivity contribution >= 4 is 17.5 Å². The number of carbonyl (C=O) groups is 1. The smallest absolute Gasteiger partial charge is 0.271 e. The Labute approximate surface area is 109 Å². The van der Waals surface area contributed by atoms with Gasteiger partial charge < -0.3 is 19.9 Å². The van der Waals surface area contributed by atoms with Gasteiger partial charge in [-0.2, -0.15) is 0 Å². The lowest BCUT2D eigenvalue weighted by molar-refractivity contribution is 0.0916. The van der Waals surface area contributed by atoms with Gasteiger partial charge in [0.2, 0.25) is 0 Å². The second kappa shape index (κ2) is 5.41. The third-order valence-electron chi connectivity index (χ3n) is 2.26. The molecule has 0 saturated carbocycles. The van der Waals surface area contributed by atoms with Gasteiger partial charge in [-0.25, -0.2) is 4.98 Å². The molecule has 0 aromatic carbocycles. The van der Waals surface area contributed by atoms with Gasteiger partial charge in [-0.15, -0.1) is 0 Å². The average Bonchev–Trinajstić information content (AvgIpc) is 2.35. The summed E-state index contributed by atoms with van der Waals surface area (Å²) in [6, 6.07) is 1.50. The van der Waals surface area contributed by atoms with Gasteiger partial charge >= 0.3 is 0 Å². The number of halogens is 1. The first-order valence-corrected chi connectivity index (χ1v) is 5.88. The maximum Gasteiger partial charge on any atom is 0.271 e. The van der Waals surface area contributed by atoms with E-state index in [1.165, 1.54) is 6.07 Å². The number of nitrogens with zero attached hydrogens (tertiary/aromatic N) is 1. The van der Waals surface area contributed by atoms with Crippen LogP contribution in [0.5, 0.6) is 11.6 Å². The van der Waals surface area contributed by atoms with Crippen LogP contribution >= 0.6 is 11.6 Å². The zero-order valence-electron chi connectivity index (χ0n) is 9.77. The molecular formula is C11H13ClN2O4. The highest BCUT2D eigenvalue weighted by molar-refractivity contribution is 6.33. The van der Waals surface area contributed by atoms with Crippen molar-refractivity contribution in [2.75, 3.05) is 19.8 Å². The van der Waals surface area contributed by atoms with Gasteiger partial charge in [0.1, 0.15) is 13.2 Å². The molecule has 7 heteroatoms. The van der Waals surface area contributed by atoms with E-state index in [4.69, 9.17) is 26.2 Å². The van der Waals surface area contributed by atoms with Gasteiger partial charge in [0, 0.05) is 12.6 Å². The second-order valence-electron chi connectivity index (χ2n) is 3.88. The predicted molar refractivity (Wildman–Crippen MR) is 64.3 cm³/mol.